The fourth-order valence-corrected chi connectivity index (χ4v) is 12.0. The molecule has 316 valence electrons. The van der Waals surface area contributed by atoms with Crippen molar-refractivity contribution in [2.24, 2.45) is 39.4 Å². The summed E-state index contributed by atoms with van der Waals surface area (Å²) in [5.74, 6) is -9.20. The zero-order valence-electron chi connectivity index (χ0n) is 34.1. The van der Waals surface area contributed by atoms with Crippen LogP contribution < -0.4 is 0 Å². The molecule has 0 aromatic rings. The first-order valence-corrected chi connectivity index (χ1v) is 19.2. The smallest absolute Gasteiger partial charge is 0.342 e. The molecule has 0 amide bonds. The highest BCUT2D eigenvalue weighted by Crippen LogP contribution is 2.77. The lowest BCUT2D eigenvalue weighted by molar-refractivity contribution is -0.357. The minimum absolute atomic E-state index is 0.0487. The van der Waals surface area contributed by atoms with E-state index in [9.17, 15) is 48.9 Å². The van der Waals surface area contributed by atoms with E-state index in [1.54, 1.807) is 20.8 Å². The molecule has 1 aliphatic heterocycles. The molecule has 0 spiro atoms. The number of ketones is 1. The summed E-state index contributed by atoms with van der Waals surface area (Å²) < 4.78 is 40.9. The van der Waals surface area contributed by atoms with Gasteiger partial charge < -0.3 is 48.5 Å². The van der Waals surface area contributed by atoms with E-state index in [1.165, 1.54) is 6.92 Å². The predicted octanol–water partition coefficient (Wildman–Crippen LogP) is 1.37. The Labute approximate surface area is 326 Å². The lowest BCUT2D eigenvalue weighted by atomic mass is 9.32. The van der Waals surface area contributed by atoms with Crippen LogP contribution in [0.3, 0.4) is 0 Å². The number of carbonyl (C=O) groups excluding carboxylic acids is 7. The van der Waals surface area contributed by atoms with Crippen LogP contribution in [0.5, 0.6) is 0 Å². The number of epoxide rings is 1. The molecule has 5 rings (SSSR count). The first-order chi connectivity index (χ1) is 26.1. The van der Waals surface area contributed by atoms with Crippen LogP contribution in [-0.2, 0) is 66.7 Å². The summed E-state index contributed by atoms with van der Waals surface area (Å²) in [6.45, 7) is 13.0. The molecule has 56 heavy (non-hydrogen) atoms. The average Bonchev–Trinajstić information content (AvgIpc) is 3.90. The molecule has 5 aliphatic rings. The third kappa shape index (κ3) is 6.13. The van der Waals surface area contributed by atoms with Crippen molar-refractivity contribution in [2.75, 3.05) is 26.9 Å². The van der Waals surface area contributed by atoms with Gasteiger partial charge in [0.25, 0.3) is 0 Å². The second-order valence-electron chi connectivity index (χ2n) is 16.2. The molecule has 0 aromatic heterocycles. The van der Waals surface area contributed by atoms with Crippen molar-refractivity contribution in [1.29, 1.82) is 0 Å². The maximum Gasteiger partial charge on any atom is 0.342 e. The second kappa shape index (κ2) is 15.6. The fourth-order valence-electron chi connectivity index (χ4n) is 12.0. The molecule has 0 bridgehead atoms. The second-order valence-corrected chi connectivity index (χ2v) is 16.2. The van der Waals surface area contributed by atoms with E-state index in [0.29, 0.717) is 0 Å². The van der Waals surface area contributed by atoms with Crippen LogP contribution >= 0.6 is 0 Å². The van der Waals surface area contributed by atoms with E-state index >= 15 is 0 Å². The van der Waals surface area contributed by atoms with E-state index in [4.69, 9.17) is 33.2 Å². The molecule has 3 N–H and O–H groups in total. The Hall–Kier alpha value is -3.67. The molecule has 0 radical (unpaired) electrons. The van der Waals surface area contributed by atoms with Gasteiger partial charge in [-0.15, -0.1) is 0 Å². The molecule has 17 nitrogen and oxygen atoms in total. The molecule has 17 heteroatoms. The Morgan fingerprint density at radius 2 is 1.38 bits per heavy atom. The summed E-state index contributed by atoms with van der Waals surface area (Å²) in [7, 11) is 1.08. The molecule has 4 aliphatic carbocycles. The maximum atomic E-state index is 13.8. The Balaban J connectivity index is 0.00000342. The number of esters is 6. The minimum Gasteiger partial charge on any atom is -0.467 e. The van der Waals surface area contributed by atoms with Gasteiger partial charge in [0, 0.05) is 58.0 Å². The van der Waals surface area contributed by atoms with E-state index in [0.717, 1.165) is 34.8 Å². The molecular weight excluding hydrogens is 740 g/mol. The van der Waals surface area contributed by atoms with Crippen molar-refractivity contribution >= 4 is 41.6 Å². The van der Waals surface area contributed by atoms with Gasteiger partial charge in [0.2, 0.25) is 5.60 Å². The number of hydrogen-bond donors (Lipinski definition) is 3. The average molecular weight is 799 g/mol. The number of aliphatic hydroxyl groups excluding tert-OH is 2. The van der Waals surface area contributed by atoms with Gasteiger partial charge in [0.15, 0.2) is 18.0 Å². The number of fused-ring (bicyclic) bond motifs is 7. The lowest BCUT2D eigenvalue weighted by Crippen LogP contribution is -2.84. The zero-order valence-corrected chi connectivity index (χ0v) is 34.1. The van der Waals surface area contributed by atoms with Crippen LogP contribution in [0.25, 0.3) is 0 Å². The van der Waals surface area contributed by atoms with Gasteiger partial charge >= 0.3 is 35.8 Å². The quantitative estimate of drug-likeness (QED) is 0.160. The lowest BCUT2D eigenvalue weighted by Gasteiger charge is -2.74. The highest BCUT2D eigenvalue weighted by atomic mass is 16.7. The minimum atomic E-state index is -2.25. The van der Waals surface area contributed by atoms with E-state index in [2.05, 4.69) is 0 Å². The van der Waals surface area contributed by atoms with Crippen molar-refractivity contribution < 1.29 is 82.0 Å². The van der Waals surface area contributed by atoms with Gasteiger partial charge in [0.05, 0.1) is 23.5 Å². The fraction of sp³-hybridized carbons (Fsp3) is 0.821. The van der Waals surface area contributed by atoms with Gasteiger partial charge in [-0.1, -0.05) is 34.6 Å². The third-order valence-corrected chi connectivity index (χ3v) is 14.0. The maximum absolute atomic E-state index is 13.8. The number of carbonyl (C=O) groups is 7. The van der Waals surface area contributed by atoms with Gasteiger partial charge in [-0.2, -0.15) is 0 Å². The topological polar surface area (TPSA) is 248 Å². The summed E-state index contributed by atoms with van der Waals surface area (Å²) >= 11 is 0. The van der Waals surface area contributed by atoms with Crippen molar-refractivity contribution in [2.45, 2.75) is 137 Å². The first-order valence-electron chi connectivity index (χ1n) is 19.2. The van der Waals surface area contributed by atoms with Gasteiger partial charge in [-0.05, 0) is 37.5 Å². The Kier molecular flexibility index (Phi) is 12.5. The number of hydrogen-bond acceptors (Lipinski definition) is 17. The highest BCUT2D eigenvalue weighted by Gasteiger charge is 2.92. The van der Waals surface area contributed by atoms with Crippen LogP contribution in [0.4, 0.5) is 0 Å². The SMILES string of the molecule is CC.CCC1(COC(=O)CO)C(OC(C)=O)C(OC(C)=O)C2C(C)(CCC3C2(C)C(OC(C)=O)C(OC(C)=O)C2(C)C3(O)CC(=O)C3OC32C(=O)OC)C1CO. The highest BCUT2D eigenvalue weighted by molar-refractivity contribution is 6.01. The summed E-state index contributed by atoms with van der Waals surface area (Å²) in [5, 5.41) is 34.3. The Morgan fingerprint density at radius 1 is 0.839 bits per heavy atom. The standard InChI is InChI=1S/C37H52O17.C2H6/c1-10-35(16-49-24(45)15-39)23(14-38)32(6)12-11-22-33(7,26(32)25(50-17(2)40)28(35)51-18(3)41)29(52-19(4)42)30(53-20(5)43)34(8)36(22,47)13-21(44)27-37(34,54-27)31(46)48-9;1-2/h22-23,25-30,38-39,47H,10-16H2,1-9H3;1-2H3. The summed E-state index contributed by atoms with van der Waals surface area (Å²) in [6.07, 6.45) is -7.86. The number of Topliss-reactive ketones (excluding diaryl/α,β-unsaturated/α-hetero) is 1. The summed E-state index contributed by atoms with van der Waals surface area (Å²) in [6, 6.07) is 0. The van der Waals surface area contributed by atoms with Crippen molar-refractivity contribution in [3.05, 3.63) is 0 Å². The van der Waals surface area contributed by atoms with Crippen molar-refractivity contribution in [3.8, 4) is 0 Å². The largest absolute Gasteiger partial charge is 0.467 e. The predicted molar refractivity (Wildman–Crippen MR) is 190 cm³/mol. The number of aliphatic hydroxyl groups is 3. The number of rotatable bonds is 10. The number of ether oxygens (including phenoxy) is 7. The molecule has 0 aromatic carbocycles. The van der Waals surface area contributed by atoms with Crippen LogP contribution in [0.1, 0.15) is 94.9 Å². The normalized spacial score (nSPS) is 43.0. The van der Waals surface area contributed by atoms with Gasteiger partial charge in [-0.25, -0.2) is 9.59 Å². The molecular formula is C39H58O17. The van der Waals surface area contributed by atoms with E-state index in [-0.39, 0.29) is 19.3 Å². The molecule has 14 unspecified atom stereocenters. The summed E-state index contributed by atoms with van der Waals surface area (Å²) in [4.78, 5) is 92.4. The van der Waals surface area contributed by atoms with Gasteiger partial charge in [-0.3, -0.25) is 24.0 Å². The third-order valence-electron chi connectivity index (χ3n) is 14.0. The zero-order chi connectivity index (χ0) is 42.6. The molecule has 5 fully saturated rings. The van der Waals surface area contributed by atoms with Gasteiger partial charge in [0.1, 0.15) is 31.5 Å². The van der Waals surface area contributed by atoms with Crippen LogP contribution in [-0.4, -0.2) is 126 Å². The molecule has 1 heterocycles. The van der Waals surface area contributed by atoms with E-state index in [1.807, 2.05) is 13.8 Å². The summed E-state index contributed by atoms with van der Waals surface area (Å²) in [5.41, 5.74) is -10.7. The number of methoxy groups -OCH3 is 1. The first kappa shape index (κ1) is 45.0. The van der Waals surface area contributed by atoms with Crippen molar-refractivity contribution in [3.63, 3.8) is 0 Å². The van der Waals surface area contributed by atoms with Crippen LogP contribution in [0, 0.1) is 39.4 Å². The Bertz CT molecular complexity index is 1610. The Morgan fingerprint density at radius 3 is 1.86 bits per heavy atom. The monoisotopic (exact) mass is 798 g/mol. The molecule has 14 atom stereocenters. The van der Waals surface area contributed by atoms with Crippen molar-refractivity contribution in [1.82, 2.24) is 0 Å². The molecule has 1 saturated heterocycles. The van der Waals surface area contributed by atoms with Crippen LogP contribution in [0.15, 0.2) is 0 Å². The van der Waals surface area contributed by atoms with Crippen LogP contribution in [0.2, 0.25) is 0 Å². The van der Waals surface area contributed by atoms with E-state index < -0.39 is 149 Å². The molecule has 4 saturated carbocycles.